The summed E-state index contributed by atoms with van der Waals surface area (Å²) in [7, 11) is -3.64. The average molecular weight is 434 g/mol. The Labute approximate surface area is 192 Å². The molecule has 0 aromatic heterocycles. The van der Waals surface area contributed by atoms with Gasteiger partial charge in [0.05, 0.1) is 10.9 Å². The van der Waals surface area contributed by atoms with Crippen LogP contribution in [-0.2, 0) is 21.2 Å². The molecule has 2 rings (SSSR count). The van der Waals surface area contributed by atoms with Gasteiger partial charge in [0, 0.05) is 11.1 Å². The standard InChI is InChI=1S/C19H22ClNO5S.Na/c1-13(21-27(24,25)17-10-6-15(20)7-11-17)12-14-4-8-16(9-5-14)26-19(2,3)18(22)23;/h4-11,13,21H,12H2,1-3H3,(H,22,23);/q;+1/p-1/t13-;/m1./s1. The van der Waals surface area contributed by atoms with Crippen molar-refractivity contribution in [3.63, 3.8) is 0 Å². The van der Waals surface area contributed by atoms with Crippen LogP contribution in [0.15, 0.2) is 53.4 Å². The summed E-state index contributed by atoms with van der Waals surface area (Å²) in [6.07, 6.45) is 0.455. The number of rotatable bonds is 8. The van der Waals surface area contributed by atoms with Crippen LogP contribution >= 0.6 is 11.6 Å². The zero-order valence-electron chi connectivity index (χ0n) is 16.2. The first-order valence-electron chi connectivity index (χ1n) is 8.27. The molecular weight excluding hydrogens is 413 g/mol. The maximum Gasteiger partial charge on any atom is 1.00 e. The van der Waals surface area contributed by atoms with E-state index in [-0.39, 0.29) is 40.5 Å². The SMILES string of the molecule is C[C@H](Cc1ccc(OC(C)(C)C(=O)[O-])cc1)NS(=O)(=O)c1ccc(Cl)cc1.[Na+]. The van der Waals surface area contributed by atoms with Crippen molar-refractivity contribution >= 4 is 27.6 Å². The Hall–Kier alpha value is -1.09. The third-order valence-corrected chi connectivity index (χ3v) is 5.67. The molecule has 2 aromatic carbocycles. The summed E-state index contributed by atoms with van der Waals surface area (Å²) < 4.78 is 32.8. The predicted octanol–water partition coefficient (Wildman–Crippen LogP) is -0.839. The van der Waals surface area contributed by atoms with Crippen LogP contribution in [0.5, 0.6) is 5.75 Å². The fourth-order valence-corrected chi connectivity index (χ4v) is 3.74. The van der Waals surface area contributed by atoms with Gasteiger partial charge in [-0.15, -0.1) is 0 Å². The van der Waals surface area contributed by atoms with Gasteiger partial charge in [-0.1, -0.05) is 23.7 Å². The van der Waals surface area contributed by atoms with Crippen LogP contribution in [0, 0.1) is 0 Å². The van der Waals surface area contributed by atoms with Crippen LogP contribution in [0.25, 0.3) is 0 Å². The first kappa shape index (κ1) is 24.9. The first-order valence-corrected chi connectivity index (χ1v) is 10.1. The van der Waals surface area contributed by atoms with Crippen LogP contribution in [-0.4, -0.2) is 26.0 Å². The summed E-state index contributed by atoms with van der Waals surface area (Å²) in [6, 6.07) is 12.4. The van der Waals surface area contributed by atoms with Crippen molar-refractivity contribution in [2.75, 3.05) is 0 Å². The maximum atomic E-state index is 12.4. The van der Waals surface area contributed by atoms with Gasteiger partial charge in [-0.2, -0.15) is 0 Å². The van der Waals surface area contributed by atoms with E-state index >= 15 is 0 Å². The molecule has 6 nitrogen and oxygen atoms in total. The fraction of sp³-hybridized carbons (Fsp3) is 0.316. The van der Waals surface area contributed by atoms with Crippen molar-refractivity contribution in [2.45, 2.75) is 43.7 Å². The molecule has 146 valence electrons. The topological polar surface area (TPSA) is 95.5 Å². The van der Waals surface area contributed by atoms with Crippen molar-refractivity contribution in [2.24, 2.45) is 0 Å². The summed E-state index contributed by atoms with van der Waals surface area (Å²) in [5.41, 5.74) is -0.567. The molecule has 2 aromatic rings. The van der Waals surface area contributed by atoms with Crippen LogP contribution in [0.3, 0.4) is 0 Å². The number of carbonyl (C=O) groups excluding carboxylic acids is 1. The van der Waals surface area contributed by atoms with E-state index in [0.29, 0.717) is 17.2 Å². The molecule has 0 spiro atoms. The second-order valence-electron chi connectivity index (χ2n) is 6.72. The van der Waals surface area contributed by atoms with Gasteiger partial charge in [0.1, 0.15) is 11.4 Å². The molecule has 0 amide bonds. The Morgan fingerprint density at radius 3 is 2.18 bits per heavy atom. The van der Waals surface area contributed by atoms with Crippen LogP contribution in [0.2, 0.25) is 5.02 Å². The van der Waals surface area contributed by atoms with E-state index in [1.165, 1.54) is 38.1 Å². The summed E-state index contributed by atoms with van der Waals surface area (Å²) in [5, 5.41) is 11.5. The monoisotopic (exact) mass is 433 g/mol. The second kappa shape index (κ2) is 10.1. The van der Waals surface area contributed by atoms with Gasteiger partial charge in [-0.25, -0.2) is 13.1 Å². The fourth-order valence-electron chi connectivity index (χ4n) is 2.37. The van der Waals surface area contributed by atoms with Gasteiger partial charge < -0.3 is 14.6 Å². The number of aliphatic carboxylic acids is 1. The van der Waals surface area contributed by atoms with Crippen molar-refractivity contribution in [3.8, 4) is 5.75 Å². The Morgan fingerprint density at radius 1 is 1.14 bits per heavy atom. The van der Waals surface area contributed by atoms with E-state index < -0.39 is 21.6 Å². The van der Waals surface area contributed by atoms with Gasteiger partial charge in [0.2, 0.25) is 10.0 Å². The summed E-state index contributed by atoms with van der Waals surface area (Å²) in [6.45, 7) is 4.57. The molecule has 28 heavy (non-hydrogen) atoms. The number of ether oxygens (including phenoxy) is 1. The van der Waals surface area contributed by atoms with E-state index in [1.807, 2.05) is 0 Å². The zero-order chi connectivity index (χ0) is 20.2. The molecule has 0 bridgehead atoms. The van der Waals surface area contributed by atoms with Crippen LogP contribution in [0.4, 0.5) is 0 Å². The van der Waals surface area contributed by atoms with E-state index in [9.17, 15) is 18.3 Å². The quantitative estimate of drug-likeness (QED) is 0.548. The normalized spacial score (nSPS) is 12.7. The molecule has 0 radical (unpaired) electrons. The Kier molecular flexibility index (Phi) is 8.99. The van der Waals surface area contributed by atoms with E-state index in [2.05, 4.69) is 4.72 Å². The third-order valence-electron chi connectivity index (χ3n) is 3.81. The summed E-state index contributed by atoms with van der Waals surface area (Å²) in [5.74, 6) is -0.917. The van der Waals surface area contributed by atoms with Gasteiger partial charge >= 0.3 is 29.6 Å². The Morgan fingerprint density at radius 2 is 1.68 bits per heavy atom. The van der Waals surface area contributed by atoms with Gasteiger partial charge in [-0.3, -0.25) is 0 Å². The third kappa shape index (κ3) is 7.06. The number of carboxylic acid groups (broad SMARTS) is 1. The molecule has 1 N–H and O–H groups in total. The number of hydrogen-bond donors (Lipinski definition) is 1. The molecule has 9 heteroatoms. The Bertz CT molecular complexity index is 899. The maximum absolute atomic E-state index is 12.4. The molecule has 0 aliphatic heterocycles. The number of carboxylic acids is 1. The zero-order valence-corrected chi connectivity index (χ0v) is 19.8. The number of nitrogens with one attached hydrogen (secondary N) is 1. The van der Waals surface area contributed by atoms with E-state index in [0.717, 1.165) is 5.56 Å². The van der Waals surface area contributed by atoms with E-state index in [4.69, 9.17) is 16.3 Å². The molecule has 0 saturated carbocycles. The molecule has 0 unspecified atom stereocenters. The first-order chi connectivity index (χ1) is 12.5. The number of benzene rings is 2. The number of sulfonamides is 1. The molecule has 0 saturated heterocycles. The van der Waals surface area contributed by atoms with Gasteiger partial charge in [-0.05, 0) is 69.2 Å². The van der Waals surface area contributed by atoms with Crippen molar-refractivity contribution in [3.05, 3.63) is 59.1 Å². The summed E-state index contributed by atoms with van der Waals surface area (Å²) >= 11 is 5.78. The Balaban J connectivity index is 0.00000392. The molecule has 0 aliphatic rings. The minimum atomic E-state index is -3.64. The van der Waals surface area contributed by atoms with E-state index in [1.54, 1.807) is 31.2 Å². The molecule has 1 atom stereocenters. The van der Waals surface area contributed by atoms with Crippen LogP contribution in [0.1, 0.15) is 26.3 Å². The number of halogens is 1. The van der Waals surface area contributed by atoms with Crippen LogP contribution < -0.4 is 44.1 Å². The molecular formula is C19H21ClNNaO5S. The molecule has 0 aliphatic carbocycles. The molecule has 0 heterocycles. The number of hydrogen-bond acceptors (Lipinski definition) is 5. The average Bonchev–Trinajstić information content (AvgIpc) is 2.56. The van der Waals surface area contributed by atoms with Crippen molar-refractivity contribution < 1.29 is 52.6 Å². The summed E-state index contributed by atoms with van der Waals surface area (Å²) in [4.78, 5) is 11.1. The minimum absolute atomic E-state index is 0. The minimum Gasteiger partial charge on any atom is -0.546 e. The largest absolute Gasteiger partial charge is 1.00 e. The number of carbonyl (C=O) groups is 1. The second-order valence-corrected chi connectivity index (χ2v) is 8.87. The smallest absolute Gasteiger partial charge is 0.546 e. The van der Waals surface area contributed by atoms with Gasteiger partial charge in [0.25, 0.3) is 0 Å². The predicted molar refractivity (Wildman–Crippen MR) is 101 cm³/mol. The van der Waals surface area contributed by atoms with Crippen molar-refractivity contribution in [1.29, 1.82) is 0 Å². The van der Waals surface area contributed by atoms with Gasteiger partial charge in [0.15, 0.2) is 0 Å². The van der Waals surface area contributed by atoms with Crippen molar-refractivity contribution in [1.82, 2.24) is 4.72 Å². The molecule has 0 fully saturated rings.